The number of nitrogens with two attached hydrogens (primary N) is 1. The highest BCUT2D eigenvalue weighted by atomic mass is 16.5. The van der Waals surface area contributed by atoms with Crippen molar-refractivity contribution < 1.29 is 4.74 Å². The zero-order valence-corrected chi connectivity index (χ0v) is 13.7. The first kappa shape index (κ1) is 14.8. The van der Waals surface area contributed by atoms with Crippen molar-refractivity contribution in [1.82, 2.24) is 4.98 Å². The van der Waals surface area contributed by atoms with Crippen LogP contribution in [0.5, 0.6) is 5.75 Å². The largest absolute Gasteiger partial charge is 0.488 e. The van der Waals surface area contributed by atoms with Crippen molar-refractivity contribution in [2.24, 2.45) is 22.5 Å². The molecule has 21 heavy (non-hydrogen) atoms. The number of ether oxygens (including phenoxy) is 1. The normalized spacial score (nSPS) is 34.9. The van der Waals surface area contributed by atoms with E-state index in [4.69, 9.17) is 10.5 Å². The zero-order chi connectivity index (χ0) is 15.3. The molecule has 1 aromatic heterocycles. The maximum Gasteiger partial charge on any atom is 0.138 e. The van der Waals surface area contributed by atoms with Crippen LogP contribution < -0.4 is 10.5 Å². The Kier molecular flexibility index (Phi) is 3.52. The average molecular weight is 288 g/mol. The highest BCUT2D eigenvalue weighted by molar-refractivity contribution is 5.23. The van der Waals surface area contributed by atoms with Crippen molar-refractivity contribution >= 4 is 0 Å². The van der Waals surface area contributed by atoms with Gasteiger partial charge in [0.1, 0.15) is 11.9 Å². The summed E-state index contributed by atoms with van der Waals surface area (Å²) < 4.78 is 6.31. The third-order valence-electron chi connectivity index (χ3n) is 6.57. The standard InChI is InChI=1S/C18H28N2O/c1-5-14(19)15-7-6-13(11-20-15)21-16-10-12-8-9-18(16,4)17(12,2)3/h6-7,11-12,14,16H,5,8-10,19H2,1-4H3. The van der Waals surface area contributed by atoms with E-state index in [-0.39, 0.29) is 11.5 Å². The van der Waals surface area contributed by atoms with Crippen molar-refractivity contribution in [2.75, 3.05) is 0 Å². The number of nitrogens with zero attached hydrogens (tertiary/aromatic N) is 1. The lowest BCUT2D eigenvalue weighted by Gasteiger charge is -2.38. The molecule has 3 nitrogen and oxygen atoms in total. The average Bonchev–Trinajstić information content (AvgIpc) is 2.80. The van der Waals surface area contributed by atoms with E-state index in [1.807, 2.05) is 18.3 Å². The topological polar surface area (TPSA) is 48.1 Å². The molecule has 0 amide bonds. The predicted molar refractivity (Wildman–Crippen MR) is 85.1 cm³/mol. The van der Waals surface area contributed by atoms with Crippen molar-refractivity contribution in [2.45, 2.75) is 65.5 Å². The number of pyridine rings is 1. The molecule has 0 saturated heterocycles. The molecule has 2 fully saturated rings. The summed E-state index contributed by atoms with van der Waals surface area (Å²) in [7, 11) is 0. The lowest BCUT2D eigenvalue weighted by Crippen LogP contribution is -2.38. The van der Waals surface area contributed by atoms with E-state index in [0.29, 0.717) is 11.5 Å². The molecule has 0 aliphatic heterocycles. The number of rotatable bonds is 4. The summed E-state index contributed by atoms with van der Waals surface area (Å²) in [6, 6.07) is 4.06. The molecule has 4 unspecified atom stereocenters. The second-order valence-electron chi connectivity index (χ2n) is 7.65. The number of fused-ring (bicyclic) bond motifs is 2. The van der Waals surface area contributed by atoms with Gasteiger partial charge in [0.2, 0.25) is 0 Å². The van der Waals surface area contributed by atoms with E-state index >= 15 is 0 Å². The van der Waals surface area contributed by atoms with Gasteiger partial charge in [0.15, 0.2) is 0 Å². The Bertz CT molecular complexity index is 510. The van der Waals surface area contributed by atoms with Crippen LogP contribution in [0.25, 0.3) is 0 Å². The Morgan fingerprint density at radius 3 is 2.62 bits per heavy atom. The van der Waals surface area contributed by atoms with Crippen LogP contribution in [0.15, 0.2) is 18.3 Å². The Balaban J connectivity index is 1.74. The fourth-order valence-corrected chi connectivity index (χ4v) is 4.36. The molecule has 2 aliphatic rings. The highest BCUT2D eigenvalue weighted by Gasteiger charge is 2.62. The minimum atomic E-state index is 0.0259. The highest BCUT2D eigenvalue weighted by Crippen LogP contribution is 2.66. The van der Waals surface area contributed by atoms with Gasteiger partial charge >= 0.3 is 0 Å². The van der Waals surface area contributed by atoms with Gasteiger partial charge in [0.25, 0.3) is 0 Å². The summed E-state index contributed by atoms with van der Waals surface area (Å²) in [5.41, 5.74) is 7.63. The van der Waals surface area contributed by atoms with E-state index in [1.54, 1.807) is 0 Å². The number of aromatic nitrogens is 1. The van der Waals surface area contributed by atoms with E-state index in [0.717, 1.165) is 23.8 Å². The first-order chi connectivity index (χ1) is 9.88. The zero-order valence-electron chi connectivity index (χ0n) is 13.7. The SMILES string of the molecule is CCC(N)c1ccc(OC2CC3CCC2(C)C3(C)C)cn1. The van der Waals surface area contributed by atoms with Gasteiger partial charge in [-0.15, -0.1) is 0 Å². The van der Waals surface area contributed by atoms with Crippen LogP contribution in [0.1, 0.15) is 65.1 Å². The van der Waals surface area contributed by atoms with Gasteiger partial charge in [-0.3, -0.25) is 4.98 Å². The first-order valence-corrected chi connectivity index (χ1v) is 8.26. The van der Waals surface area contributed by atoms with Crippen LogP contribution in [0.2, 0.25) is 0 Å². The molecule has 1 heterocycles. The molecule has 2 bridgehead atoms. The van der Waals surface area contributed by atoms with E-state index in [9.17, 15) is 0 Å². The van der Waals surface area contributed by atoms with E-state index in [1.165, 1.54) is 19.3 Å². The monoisotopic (exact) mass is 288 g/mol. The summed E-state index contributed by atoms with van der Waals surface area (Å²) in [6.45, 7) is 9.31. The molecule has 0 aromatic carbocycles. The maximum atomic E-state index is 6.31. The summed E-state index contributed by atoms with van der Waals surface area (Å²) in [5, 5.41) is 0. The van der Waals surface area contributed by atoms with Crippen LogP contribution in [0, 0.1) is 16.7 Å². The molecular formula is C18H28N2O. The second kappa shape index (κ2) is 4.98. The molecule has 4 atom stereocenters. The van der Waals surface area contributed by atoms with Gasteiger partial charge in [0, 0.05) is 11.5 Å². The lowest BCUT2D eigenvalue weighted by atomic mass is 9.70. The Hall–Kier alpha value is -1.09. The Labute approximate surface area is 128 Å². The van der Waals surface area contributed by atoms with Gasteiger partial charge in [0.05, 0.1) is 11.9 Å². The van der Waals surface area contributed by atoms with Gasteiger partial charge in [-0.25, -0.2) is 0 Å². The van der Waals surface area contributed by atoms with Crippen LogP contribution in [0.4, 0.5) is 0 Å². The van der Waals surface area contributed by atoms with Crippen LogP contribution in [-0.4, -0.2) is 11.1 Å². The van der Waals surface area contributed by atoms with Crippen LogP contribution in [0.3, 0.4) is 0 Å². The molecule has 1 aromatic rings. The fourth-order valence-electron chi connectivity index (χ4n) is 4.36. The van der Waals surface area contributed by atoms with Gasteiger partial charge in [-0.1, -0.05) is 27.7 Å². The van der Waals surface area contributed by atoms with Crippen LogP contribution >= 0.6 is 0 Å². The first-order valence-electron chi connectivity index (χ1n) is 8.26. The van der Waals surface area contributed by atoms with Crippen LogP contribution in [-0.2, 0) is 0 Å². The van der Waals surface area contributed by atoms with E-state index in [2.05, 4.69) is 32.7 Å². The summed E-state index contributed by atoms with van der Waals surface area (Å²) >= 11 is 0. The molecule has 0 radical (unpaired) electrons. The van der Waals surface area contributed by atoms with Crippen molar-refractivity contribution in [3.05, 3.63) is 24.0 Å². The lowest BCUT2D eigenvalue weighted by molar-refractivity contribution is 0.0299. The third-order valence-corrected chi connectivity index (χ3v) is 6.57. The van der Waals surface area contributed by atoms with Gasteiger partial charge < -0.3 is 10.5 Å². The van der Waals surface area contributed by atoms with Gasteiger partial charge in [-0.2, -0.15) is 0 Å². The maximum absolute atomic E-state index is 6.31. The molecule has 2 N–H and O–H groups in total. The number of hydrogen-bond donors (Lipinski definition) is 1. The van der Waals surface area contributed by atoms with Crippen molar-refractivity contribution in [3.63, 3.8) is 0 Å². The molecule has 2 aliphatic carbocycles. The molecule has 3 rings (SSSR count). The van der Waals surface area contributed by atoms with Crippen molar-refractivity contribution in [1.29, 1.82) is 0 Å². The molecule has 0 spiro atoms. The Morgan fingerprint density at radius 1 is 1.38 bits per heavy atom. The minimum absolute atomic E-state index is 0.0259. The minimum Gasteiger partial charge on any atom is -0.488 e. The fraction of sp³-hybridized carbons (Fsp3) is 0.722. The second-order valence-corrected chi connectivity index (χ2v) is 7.65. The quantitative estimate of drug-likeness (QED) is 0.908. The van der Waals surface area contributed by atoms with E-state index < -0.39 is 0 Å². The van der Waals surface area contributed by atoms with Crippen molar-refractivity contribution in [3.8, 4) is 5.75 Å². The number of hydrogen-bond acceptors (Lipinski definition) is 3. The molecular weight excluding hydrogens is 260 g/mol. The Morgan fingerprint density at radius 2 is 2.14 bits per heavy atom. The smallest absolute Gasteiger partial charge is 0.138 e. The molecule has 116 valence electrons. The summed E-state index contributed by atoms with van der Waals surface area (Å²) in [6.07, 6.45) is 6.88. The molecule has 3 heteroatoms. The summed E-state index contributed by atoms with van der Waals surface area (Å²) in [5.74, 6) is 1.69. The summed E-state index contributed by atoms with van der Waals surface area (Å²) in [4.78, 5) is 4.46. The third kappa shape index (κ3) is 2.17. The molecule has 2 saturated carbocycles. The predicted octanol–water partition coefficient (Wildman–Crippen LogP) is 4.09. The van der Waals surface area contributed by atoms with Gasteiger partial charge in [-0.05, 0) is 49.1 Å².